The average Bonchev–Trinajstić information content (AvgIpc) is 3.00. The lowest BCUT2D eigenvalue weighted by atomic mass is 10.1. The van der Waals surface area contributed by atoms with Crippen LogP contribution in [0.5, 0.6) is 0 Å². The molecule has 0 unspecified atom stereocenters. The largest absolute Gasteiger partial charge is 0.340 e. The molecular formula is C20H21FN2O2S. The van der Waals surface area contributed by atoms with E-state index in [0.29, 0.717) is 24.4 Å². The molecule has 1 fully saturated rings. The number of benzene rings is 2. The van der Waals surface area contributed by atoms with Crippen molar-refractivity contribution < 1.29 is 14.0 Å². The van der Waals surface area contributed by atoms with Gasteiger partial charge >= 0.3 is 0 Å². The minimum Gasteiger partial charge on any atom is -0.340 e. The molecule has 0 aromatic heterocycles. The van der Waals surface area contributed by atoms with Crippen molar-refractivity contribution in [1.82, 2.24) is 9.80 Å². The van der Waals surface area contributed by atoms with Crippen LogP contribution in [0.2, 0.25) is 0 Å². The van der Waals surface area contributed by atoms with E-state index >= 15 is 0 Å². The third-order valence-electron chi connectivity index (χ3n) is 4.52. The molecule has 26 heavy (non-hydrogen) atoms. The molecule has 2 aromatic rings. The number of likely N-dealkylation sites (N-methyl/N-ethyl adjacent to an activating group) is 1. The predicted octanol–water partition coefficient (Wildman–Crippen LogP) is 3.48. The molecular weight excluding hydrogens is 351 g/mol. The molecule has 1 aliphatic rings. The number of rotatable bonds is 5. The first kappa shape index (κ1) is 18.5. The van der Waals surface area contributed by atoms with Crippen LogP contribution >= 0.6 is 11.8 Å². The number of thioether (sulfide) groups is 1. The van der Waals surface area contributed by atoms with E-state index in [9.17, 15) is 14.0 Å². The molecule has 2 aromatic carbocycles. The van der Waals surface area contributed by atoms with Gasteiger partial charge in [0.15, 0.2) is 0 Å². The van der Waals surface area contributed by atoms with Crippen LogP contribution in [0, 0.1) is 12.7 Å². The van der Waals surface area contributed by atoms with Gasteiger partial charge in [0.2, 0.25) is 5.91 Å². The Labute approximate surface area is 157 Å². The number of carbonyl (C=O) groups excluding carboxylic acids is 2. The highest BCUT2D eigenvalue weighted by molar-refractivity contribution is 8.00. The van der Waals surface area contributed by atoms with E-state index in [4.69, 9.17) is 0 Å². The van der Waals surface area contributed by atoms with Crippen molar-refractivity contribution in [2.24, 2.45) is 0 Å². The van der Waals surface area contributed by atoms with Crippen molar-refractivity contribution in [2.45, 2.75) is 12.3 Å². The van der Waals surface area contributed by atoms with Gasteiger partial charge in [0, 0.05) is 25.7 Å². The van der Waals surface area contributed by atoms with Gasteiger partial charge in [0.25, 0.3) is 5.91 Å². The van der Waals surface area contributed by atoms with E-state index in [1.54, 1.807) is 24.9 Å². The molecule has 1 saturated heterocycles. The molecule has 1 atom stereocenters. The molecule has 0 radical (unpaired) electrons. The first-order valence-corrected chi connectivity index (χ1v) is 9.50. The maximum absolute atomic E-state index is 13.3. The summed E-state index contributed by atoms with van der Waals surface area (Å²) in [6, 6.07) is 13.7. The van der Waals surface area contributed by atoms with Gasteiger partial charge in [-0.25, -0.2) is 4.39 Å². The van der Waals surface area contributed by atoms with Crippen LogP contribution in [-0.2, 0) is 4.79 Å². The van der Waals surface area contributed by atoms with Gasteiger partial charge in [0.1, 0.15) is 11.2 Å². The van der Waals surface area contributed by atoms with Crippen molar-refractivity contribution in [3.8, 4) is 0 Å². The molecule has 0 spiro atoms. The number of amides is 2. The van der Waals surface area contributed by atoms with E-state index in [1.165, 1.54) is 23.1 Å². The molecule has 4 nitrogen and oxygen atoms in total. The van der Waals surface area contributed by atoms with E-state index in [-0.39, 0.29) is 17.2 Å². The molecule has 2 amide bonds. The zero-order chi connectivity index (χ0) is 18.7. The van der Waals surface area contributed by atoms with Gasteiger partial charge in [-0.1, -0.05) is 30.3 Å². The highest BCUT2D eigenvalue weighted by Crippen LogP contribution is 2.39. The Morgan fingerprint density at radius 3 is 2.77 bits per heavy atom. The monoisotopic (exact) mass is 372 g/mol. The summed E-state index contributed by atoms with van der Waals surface area (Å²) in [6.45, 7) is 2.88. The van der Waals surface area contributed by atoms with Crippen LogP contribution in [0.15, 0.2) is 48.5 Å². The smallest absolute Gasteiger partial charge is 0.253 e. The summed E-state index contributed by atoms with van der Waals surface area (Å²) in [5.41, 5.74) is 2.58. The molecule has 1 aliphatic heterocycles. The van der Waals surface area contributed by atoms with Crippen LogP contribution in [0.1, 0.15) is 26.9 Å². The topological polar surface area (TPSA) is 40.6 Å². The van der Waals surface area contributed by atoms with E-state index < -0.39 is 5.82 Å². The van der Waals surface area contributed by atoms with Crippen LogP contribution in [0.4, 0.5) is 4.39 Å². The minimum atomic E-state index is -0.435. The Morgan fingerprint density at radius 1 is 1.27 bits per heavy atom. The number of hydrogen-bond donors (Lipinski definition) is 0. The maximum Gasteiger partial charge on any atom is 0.253 e. The first-order chi connectivity index (χ1) is 12.5. The number of nitrogens with zero attached hydrogens (tertiary/aromatic N) is 2. The SMILES string of the molecule is Cc1ccccc1[C@H]1SCC(=O)N1CCN(C)C(=O)c1cccc(F)c1. The quantitative estimate of drug-likeness (QED) is 0.807. The Bertz CT molecular complexity index is 827. The highest BCUT2D eigenvalue weighted by atomic mass is 32.2. The third kappa shape index (κ3) is 3.90. The molecule has 1 heterocycles. The molecule has 0 N–H and O–H groups in total. The maximum atomic E-state index is 13.3. The van der Waals surface area contributed by atoms with Crippen molar-refractivity contribution in [3.05, 3.63) is 71.0 Å². The van der Waals surface area contributed by atoms with Crippen LogP contribution in [0.3, 0.4) is 0 Å². The highest BCUT2D eigenvalue weighted by Gasteiger charge is 2.33. The summed E-state index contributed by atoms with van der Waals surface area (Å²) < 4.78 is 13.3. The van der Waals surface area contributed by atoms with Gasteiger partial charge in [-0.3, -0.25) is 9.59 Å². The van der Waals surface area contributed by atoms with Crippen LogP contribution < -0.4 is 0 Å². The van der Waals surface area contributed by atoms with Crippen LogP contribution in [-0.4, -0.2) is 47.5 Å². The fourth-order valence-electron chi connectivity index (χ4n) is 3.02. The lowest BCUT2D eigenvalue weighted by Crippen LogP contribution is -2.38. The summed E-state index contributed by atoms with van der Waals surface area (Å²) in [5, 5.41) is -0.0265. The van der Waals surface area contributed by atoms with Crippen molar-refractivity contribution in [1.29, 1.82) is 0 Å². The summed E-state index contributed by atoms with van der Waals surface area (Å²) in [6.07, 6.45) is 0. The van der Waals surface area contributed by atoms with Crippen molar-refractivity contribution in [2.75, 3.05) is 25.9 Å². The predicted molar refractivity (Wildman–Crippen MR) is 101 cm³/mol. The number of carbonyl (C=O) groups is 2. The van der Waals surface area contributed by atoms with Crippen LogP contribution in [0.25, 0.3) is 0 Å². The second-order valence-corrected chi connectivity index (χ2v) is 7.41. The first-order valence-electron chi connectivity index (χ1n) is 8.45. The van der Waals surface area contributed by atoms with Gasteiger partial charge in [0.05, 0.1) is 5.75 Å². The molecule has 136 valence electrons. The van der Waals surface area contributed by atoms with E-state index in [0.717, 1.165) is 11.1 Å². The lowest BCUT2D eigenvalue weighted by Gasteiger charge is -2.27. The lowest BCUT2D eigenvalue weighted by molar-refractivity contribution is -0.128. The van der Waals surface area contributed by atoms with Gasteiger partial charge in [-0.2, -0.15) is 0 Å². The number of hydrogen-bond acceptors (Lipinski definition) is 3. The second kappa shape index (κ2) is 7.91. The normalized spacial score (nSPS) is 16.8. The van der Waals surface area contributed by atoms with Gasteiger partial charge < -0.3 is 9.80 Å². The van der Waals surface area contributed by atoms with Gasteiger partial charge in [-0.15, -0.1) is 11.8 Å². The van der Waals surface area contributed by atoms with Crippen molar-refractivity contribution >= 4 is 23.6 Å². The Morgan fingerprint density at radius 2 is 2.04 bits per heavy atom. The summed E-state index contributed by atoms with van der Waals surface area (Å²) in [5.74, 6) is -0.165. The second-order valence-electron chi connectivity index (χ2n) is 6.34. The fourth-order valence-corrected chi connectivity index (χ4v) is 4.33. The zero-order valence-corrected chi connectivity index (χ0v) is 15.6. The summed E-state index contributed by atoms with van der Waals surface area (Å²) in [7, 11) is 1.67. The standard InChI is InChI=1S/C20H21FN2O2S/c1-14-6-3-4-9-17(14)20-23(18(24)13-26-20)11-10-22(2)19(25)15-7-5-8-16(21)12-15/h3-9,12,20H,10-11,13H2,1-2H3/t20-/m1/s1. The van der Waals surface area contributed by atoms with E-state index in [1.807, 2.05) is 36.1 Å². The number of halogens is 1. The fraction of sp³-hybridized carbons (Fsp3) is 0.300. The summed E-state index contributed by atoms with van der Waals surface area (Å²) in [4.78, 5) is 28.1. The Balaban J connectivity index is 1.68. The molecule has 0 aliphatic carbocycles. The molecule has 6 heteroatoms. The number of aryl methyl sites for hydroxylation is 1. The summed E-state index contributed by atoms with van der Waals surface area (Å²) >= 11 is 1.61. The minimum absolute atomic E-state index is 0.0265. The molecule has 3 rings (SSSR count). The van der Waals surface area contributed by atoms with Gasteiger partial charge in [-0.05, 0) is 36.2 Å². The zero-order valence-electron chi connectivity index (χ0n) is 14.8. The average molecular weight is 372 g/mol. The Hall–Kier alpha value is -2.34. The Kier molecular flexibility index (Phi) is 5.61. The molecule has 0 bridgehead atoms. The third-order valence-corrected chi connectivity index (χ3v) is 5.75. The molecule has 0 saturated carbocycles. The van der Waals surface area contributed by atoms with Crippen molar-refractivity contribution in [3.63, 3.8) is 0 Å². The van der Waals surface area contributed by atoms with E-state index in [2.05, 4.69) is 0 Å².